The van der Waals surface area contributed by atoms with E-state index in [4.69, 9.17) is 0 Å². The first-order valence-corrected chi connectivity index (χ1v) is 10.2. The second-order valence-electron chi connectivity index (χ2n) is 8.40. The third-order valence-corrected chi connectivity index (χ3v) is 6.12. The molecular weight excluding hydrogens is 379 g/mol. The maximum atomic E-state index is 12.5. The summed E-state index contributed by atoms with van der Waals surface area (Å²) in [5, 5.41) is 11.3. The molecule has 1 N–H and O–H groups in total. The second-order valence-corrected chi connectivity index (χ2v) is 8.40. The lowest BCUT2D eigenvalue weighted by atomic mass is 9.73. The van der Waals surface area contributed by atoms with E-state index in [0.717, 1.165) is 25.8 Å². The monoisotopic (exact) mass is 405 g/mol. The summed E-state index contributed by atoms with van der Waals surface area (Å²) in [6.45, 7) is 0.876. The van der Waals surface area contributed by atoms with Crippen molar-refractivity contribution < 1.29 is 23.0 Å². The number of rotatable bonds is 5. The van der Waals surface area contributed by atoms with Crippen LogP contribution >= 0.6 is 0 Å². The normalized spacial score (nSPS) is 27.6. The van der Waals surface area contributed by atoms with Crippen molar-refractivity contribution in [2.45, 2.75) is 69.1 Å². The zero-order valence-electron chi connectivity index (χ0n) is 16.2. The van der Waals surface area contributed by atoms with Crippen LogP contribution in [-0.2, 0) is 13.0 Å². The fraction of sp³-hybridized carbons (Fsp3) is 0.478. The molecule has 29 heavy (non-hydrogen) atoms. The van der Waals surface area contributed by atoms with Gasteiger partial charge in [0.25, 0.3) is 0 Å². The molecule has 2 atom stereocenters. The van der Waals surface area contributed by atoms with Crippen LogP contribution < -0.4 is 4.74 Å². The Hall–Kier alpha value is -2.05. The standard InChI is InChI=1S/C23H26F3NO2/c24-23(25,26)29-21-11-4-8-18(12-21)13-22(28)14-19-9-5-10-20(15-22)27(19)16-17-6-2-1-3-7-17/h1-4,6-8,11-12,19-20,28H,5,9-10,13-16H2. The van der Waals surface area contributed by atoms with Crippen molar-refractivity contribution in [1.29, 1.82) is 0 Å². The van der Waals surface area contributed by atoms with Gasteiger partial charge in [-0.1, -0.05) is 48.9 Å². The Morgan fingerprint density at radius 1 is 0.966 bits per heavy atom. The minimum absolute atomic E-state index is 0.236. The molecule has 0 radical (unpaired) electrons. The molecule has 156 valence electrons. The summed E-state index contributed by atoms with van der Waals surface area (Å²) in [5.74, 6) is -0.236. The highest BCUT2D eigenvalue weighted by molar-refractivity contribution is 5.30. The van der Waals surface area contributed by atoms with E-state index in [1.54, 1.807) is 12.1 Å². The van der Waals surface area contributed by atoms with Crippen molar-refractivity contribution in [1.82, 2.24) is 4.90 Å². The van der Waals surface area contributed by atoms with Crippen molar-refractivity contribution in [3.05, 3.63) is 65.7 Å². The number of hydrogen-bond acceptors (Lipinski definition) is 3. The highest BCUT2D eigenvalue weighted by Crippen LogP contribution is 2.41. The Labute approximate surface area is 169 Å². The van der Waals surface area contributed by atoms with Crippen molar-refractivity contribution in [2.75, 3.05) is 0 Å². The molecule has 0 amide bonds. The third-order valence-electron chi connectivity index (χ3n) is 6.12. The number of alkyl halides is 3. The molecule has 2 saturated heterocycles. The molecule has 2 fully saturated rings. The van der Waals surface area contributed by atoms with Crippen LogP contribution in [0.1, 0.15) is 43.2 Å². The summed E-state index contributed by atoms with van der Waals surface area (Å²) in [5.41, 5.74) is 1.04. The maximum absolute atomic E-state index is 12.5. The van der Waals surface area contributed by atoms with Gasteiger partial charge in [-0.15, -0.1) is 13.2 Å². The van der Waals surface area contributed by atoms with Crippen LogP contribution in [0.3, 0.4) is 0 Å². The molecule has 0 aliphatic carbocycles. The summed E-state index contributed by atoms with van der Waals surface area (Å²) < 4.78 is 41.6. The molecular formula is C23H26F3NO2. The molecule has 2 aliphatic rings. The molecule has 4 rings (SSSR count). The number of piperidine rings is 2. The van der Waals surface area contributed by atoms with Crippen molar-refractivity contribution in [3.8, 4) is 5.75 Å². The summed E-state index contributed by atoms with van der Waals surface area (Å²) in [6.07, 6.45) is 0.155. The molecule has 2 aromatic rings. The molecule has 0 spiro atoms. The van der Waals surface area contributed by atoms with Gasteiger partial charge >= 0.3 is 6.36 Å². The van der Waals surface area contributed by atoms with Crippen LogP contribution in [-0.4, -0.2) is 34.1 Å². The molecule has 2 heterocycles. The van der Waals surface area contributed by atoms with E-state index in [9.17, 15) is 18.3 Å². The highest BCUT2D eigenvalue weighted by Gasteiger charge is 2.45. The Bertz CT molecular complexity index is 810. The lowest BCUT2D eigenvalue weighted by Gasteiger charge is -2.52. The SMILES string of the molecule is OC1(Cc2cccc(OC(F)(F)F)c2)CC2CCCC(C1)N2Cc1ccccc1. The van der Waals surface area contributed by atoms with Gasteiger partial charge in [0.2, 0.25) is 0 Å². The van der Waals surface area contributed by atoms with E-state index in [-0.39, 0.29) is 5.75 Å². The van der Waals surface area contributed by atoms with Gasteiger partial charge in [0.05, 0.1) is 5.60 Å². The molecule has 2 bridgehead atoms. The fourth-order valence-electron chi connectivity index (χ4n) is 5.05. The Kier molecular flexibility index (Phi) is 5.58. The fourth-order valence-corrected chi connectivity index (χ4v) is 5.05. The van der Waals surface area contributed by atoms with Gasteiger partial charge in [-0.3, -0.25) is 4.90 Å². The van der Waals surface area contributed by atoms with Crippen LogP contribution in [0.4, 0.5) is 13.2 Å². The molecule has 0 saturated carbocycles. The minimum atomic E-state index is -4.71. The van der Waals surface area contributed by atoms with Gasteiger partial charge < -0.3 is 9.84 Å². The first-order chi connectivity index (χ1) is 13.8. The third kappa shape index (κ3) is 5.11. The van der Waals surface area contributed by atoms with Crippen LogP contribution in [0, 0.1) is 0 Å². The quantitative estimate of drug-likeness (QED) is 0.753. The zero-order chi connectivity index (χ0) is 20.5. The first kappa shape index (κ1) is 20.2. The number of hydrogen-bond donors (Lipinski definition) is 1. The van der Waals surface area contributed by atoms with E-state index in [2.05, 4.69) is 21.8 Å². The topological polar surface area (TPSA) is 32.7 Å². The first-order valence-electron chi connectivity index (χ1n) is 10.2. The predicted octanol–water partition coefficient (Wildman–Crippen LogP) is 5.08. The molecule has 2 unspecified atom stereocenters. The highest BCUT2D eigenvalue weighted by atomic mass is 19.4. The average Bonchev–Trinajstić information content (AvgIpc) is 2.62. The van der Waals surface area contributed by atoms with Gasteiger partial charge in [-0.25, -0.2) is 0 Å². The van der Waals surface area contributed by atoms with Crippen LogP contribution in [0.25, 0.3) is 0 Å². The van der Waals surface area contributed by atoms with E-state index in [1.807, 2.05) is 18.2 Å². The maximum Gasteiger partial charge on any atom is 0.573 e. The summed E-state index contributed by atoms with van der Waals surface area (Å²) in [4.78, 5) is 2.51. The minimum Gasteiger partial charge on any atom is -0.406 e. The summed E-state index contributed by atoms with van der Waals surface area (Å²) in [7, 11) is 0. The van der Waals surface area contributed by atoms with Crippen molar-refractivity contribution in [3.63, 3.8) is 0 Å². The number of benzene rings is 2. The van der Waals surface area contributed by atoms with Crippen LogP contribution in [0.15, 0.2) is 54.6 Å². The molecule has 2 aliphatic heterocycles. The second kappa shape index (κ2) is 8.00. The lowest BCUT2D eigenvalue weighted by Crippen LogP contribution is -2.58. The lowest BCUT2D eigenvalue weighted by molar-refractivity contribution is -0.274. The number of nitrogens with zero attached hydrogens (tertiary/aromatic N) is 1. The van der Waals surface area contributed by atoms with Crippen molar-refractivity contribution >= 4 is 0 Å². The smallest absolute Gasteiger partial charge is 0.406 e. The average molecular weight is 405 g/mol. The molecule has 0 aromatic heterocycles. The number of ether oxygens (including phenoxy) is 1. The van der Waals surface area contributed by atoms with Gasteiger partial charge in [-0.05, 0) is 48.9 Å². The van der Waals surface area contributed by atoms with Crippen molar-refractivity contribution in [2.24, 2.45) is 0 Å². The number of halogens is 3. The summed E-state index contributed by atoms with van der Waals surface area (Å²) >= 11 is 0. The molecule has 3 nitrogen and oxygen atoms in total. The van der Waals surface area contributed by atoms with E-state index >= 15 is 0 Å². The van der Waals surface area contributed by atoms with Crippen LogP contribution in [0.5, 0.6) is 5.75 Å². The number of aliphatic hydroxyl groups is 1. The largest absolute Gasteiger partial charge is 0.573 e. The summed E-state index contributed by atoms with van der Waals surface area (Å²) in [6, 6.07) is 16.9. The van der Waals surface area contributed by atoms with Gasteiger partial charge in [0.1, 0.15) is 5.75 Å². The Balaban J connectivity index is 1.47. The van der Waals surface area contributed by atoms with Gasteiger partial charge in [0.15, 0.2) is 0 Å². The number of fused-ring (bicyclic) bond motifs is 2. The molecule has 6 heteroatoms. The van der Waals surface area contributed by atoms with Gasteiger partial charge in [-0.2, -0.15) is 0 Å². The zero-order valence-corrected chi connectivity index (χ0v) is 16.2. The Morgan fingerprint density at radius 3 is 2.28 bits per heavy atom. The Morgan fingerprint density at radius 2 is 1.62 bits per heavy atom. The van der Waals surface area contributed by atoms with Gasteiger partial charge in [0, 0.05) is 25.0 Å². The van der Waals surface area contributed by atoms with E-state index < -0.39 is 12.0 Å². The van der Waals surface area contributed by atoms with Crippen LogP contribution in [0.2, 0.25) is 0 Å². The van der Waals surface area contributed by atoms with E-state index in [0.29, 0.717) is 36.9 Å². The predicted molar refractivity (Wildman–Crippen MR) is 104 cm³/mol. The molecule has 2 aromatic carbocycles. The van der Waals surface area contributed by atoms with E-state index in [1.165, 1.54) is 17.7 Å².